The van der Waals surface area contributed by atoms with Gasteiger partial charge >= 0.3 is 0 Å². The minimum atomic E-state index is 0.0227. The van der Waals surface area contributed by atoms with Crippen LogP contribution in [0, 0.1) is 0 Å². The van der Waals surface area contributed by atoms with Crippen LogP contribution in [0.4, 0.5) is 5.69 Å². The van der Waals surface area contributed by atoms with E-state index in [0.717, 1.165) is 24.2 Å². The van der Waals surface area contributed by atoms with Crippen LogP contribution in [0.1, 0.15) is 16.8 Å². The first-order valence-electron chi connectivity index (χ1n) is 6.77. The number of rotatable bonds is 3. The fourth-order valence-electron chi connectivity index (χ4n) is 2.69. The summed E-state index contributed by atoms with van der Waals surface area (Å²) in [4.78, 5) is 16.2. The van der Waals surface area contributed by atoms with Gasteiger partial charge in [0.05, 0.1) is 6.42 Å². The molecule has 1 amide bonds. The average Bonchev–Trinajstić information content (AvgIpc) is 2.80. The molecule has 0 aliphatic heterocycles. The van der Waals surface area contributed by atoms with Gasteiger partial charge in [0.25, 0.3) is 0 Å². The second-order valence-electron chi connectivity index (χ2n) is 5.20. The molecule has 20 heavy (non-hydrogen) atoms. The normalized spacial score (nSPS) is 16.7. The first-order chi connectivity index (χ1) is 9.70. The largest absolute Gasteiger partial charge is 0.399 e. The lowest BCUT2D eigenvalue weighted by Crippen LogP contribution is -2.36. The van der Waals surface area contributed by atoms with Crippen molar-refractivity contribution in [3.8, 4) is 0 Å². The van der Waals surface area contributed by atoms with Gasteiger partial charge in [0.15, 0.2) is 0 Å². The third-order valence-corrected chi connectivity index (χ3v) is 3.60. The molecule has 4 heteroatoms. The maximum atomic E-state index is 12.0. The Hall–Kier alpha value is -2.36. The number of benzene rings is 1. The zero-order valence-corrected chi connectivity index (χ0v) is 11.2. The molecule has 0 bridgehead atoms. The summed E-state index contributed by atoms with van der Waals surface area (Å²) < 4.78 is 0. The Labute approximate surface area is 118 Å². The summed E-state index contributed by atoms with van der Waals surface area (Å²) in [5, 5.41) is 3.07. The van der Waals surface area contributed by atoms with Gasteiger partial charge in [0, 0.05) is 23.6 Å². The molecule has 2 aromatic rings. The third-order valence-electron chi connectivity index (χ3n) is 3.60. The number of fused-ring (bicyclic) bond motifs is 1. The summed E-state index contributed by atoms with van der Waals surface area (Å²) in [6, 6.07) is 11.7. The molecule has 4 nitrogen and oxygen atoms in total. The molecular weight excluding hydrogens is 250 g/mol. The minimum Gasteiger partial charge on any atom is -0.399 e. The van der Waals surface area contributed by atoms with Crippen molar-refractivity contribution in [2.45, 2.75) is 25.3 Å². The maximum Gasteiger partial charge on any atom is 0.226 e. The summed E-state index contributed by atoms with van der Waals surface area (Å²) in [6.07, 6.45) is 3.77. The highest BCUT2D eigenvalue weighted by molar-refractivity contribution is 5.78. The van der Waals surface area contributed by atoms with Gasteiger partial charge in [0.1, 0.15) is 0 Å². The highest BCUT2D eigenvalue weighted by atomic mass is 16.1. The fraction of sp³-hybridized carbons (Fsp3) is 0.250. The second kappa shape index (κ2) is 5.33. The van der Waals surface area contributed by atoms with E-state index < -0.39 is 0 Å². The zero-order chi connectivity index (χ0) is 13.9. The van der Waals surface area contributed by atoms with Crippen LogP contribution in [-0.4, -0.2) is 16.9 Å². The van der Waals surface area contributed by atoms with Crippen molar-refractivity contribution in [1.82, 2.24) is 10.3 Å². The Morgan fingerprint density at radius 2 is 2.10 bits per heavy atom. The van der Waals surface area contributed by atoms with Gasteiger partial charge in [-0.25, -0.2) is 0 Å². The number of nitrogens with two attached hydrogens (primary N) is 1. The predicted octanol–water partition coefficient (Wildman–Crippen LogP) is 1.49. The number of pyridine rings is 1. The van der Waals surface area contributed by atoms with Gasteiger partial charge < -0.3 is 11.1 Å². The highest BCUT2D eigenvalue weighted by Crippen LogP contribution is 2.24. The number of carbonyl (C=O) groups excluding carboxylic acids is 1. The fourth-order valence-corrected chi connectivity index (χ4v) is 2.69. The molecule has 1 atom stereocenters. The van der Waals surface area contributed by atoms with Crippen LogP contribution < -0.4 is 11.1 Å². The van der Waals surface area contributed by atoms with E-state index >= 15 is 0 Å². The molecule has 102 valence electrons. The van der Waals surface area contributed by atoms with E-state index in [0.29, 0.717) is 6.42 Å². The van der Waals surface area contributed by atoms with Crippen LogP contribution in [0.5, 0.6) is 0 Å². The lowest BCUT2D eigenvalue weighted by molar-refractivity contribution is -0.121. The van der Waals surface area contributed by atoms with Crippen LogP contribution in [0.25, 0.3) is 0 Å². The molecule has 3 rings (SSSR count). The summed E-state index contributed by atoms with van der Waals surface area (Å²) in [5.41, 5.74) is 9.89. The summed E-state index contributed by atoms with van der Waals surface area (Å²) >= 11 is 0. The maximum absolute atomic E-state index is 12.0. The van der Waals surface area contributed by atoms with Crippen molar-refractivity contribution in [3.05, 3.63) is 59.4 Å². The topological polar surface area (TPSA) is 68.0 Å². The molecule has 0 fully saturated rings. The van der Waals surface area contributed by atoms with Crippen molar-refractivity contribution >= 4 is 11.6 Å². The third kappa shape index (κ3) is 2.79. The van der Waals surface area contributed by atoms with Crippen LogP contribution >= 0.6 is 0 Å². The monoisotopic (exact) mass is 267 g/mol. The molecule has 1 unspecified atom stereocenters. The number of carbonyl (C=O) groups is 1. The van der Waals surface area contributed by atoms with Crippen molar-refractivity contribution in [3.63, 3.8) is 0 Å². The summed E-state index contributed by atoms with van der Waals surface area (Å²) in [6.45, 7) is 0. The molecule has 0 saturated heterocycles. The number of nitrogens with one attached hydrogen (secondary N) is 1. The molecule has 1 aromatic heterocycles. The molecule has 1 aromatic carbocycles. The van der Waals surface area contributed by atoms with Crippen molar-refractivity contribution in [2.75, 3.05) is 5.73 Å². The lowest BCUT2D eigenvalue weighted by Gasteiger charge is -2.11. The number of nitrogens with zero attached hydrogens (tertiary/aromatic N) is 1. The number of amides is 1. The van der Waals surface area contributed by atoms with E-state index in [1.165, 1.54) is 11.1 Å². The Bertz CT molecular complexity index is 625. The number of hydrogen-bond acceptors (Lipinski definition) is 3. The van der Waals surface area contributed by atoms with E-state index in [1.54, 1.807) is 6.20 Å². The average molecular weight is 267 g/mol. The van der Waals surface area contributed by atoms with E-state index in [4.69, 9.17) is 5.73 Å². The molecule has 1 aliphatic carbocycles. The van der Waals surface area contributed by atoms with Gasteiger partial charge in [-0.15, -0.1) is 0 Å². The first kappa shape index (κ1) is 12.7. The summed E-state index contributed by atoms with van der Waals surface area (Å²) in [5.74, 6) is 0.0227. The molecule has 0 radical (unpaired) electrons. The first-order valence-corrected chi connectivity index (χ1v) is 6.77. The molecule has 1 aliphatic rings. The lowest BCUT2D eigenvalue weighted by atomic mass is 10.1. The quantitative estimate of drug-likeness (QED) is 0.828. The van der Waals surface area contributed by atoms with Crippen LogP contribution in [0.2, 0.25) is 0 Å². The SMILES string of the molecule is Nc1ccc2c(c1)CC(NC(=O)Cc1ccccn1)C2. The van der Waals surface area contributed by atoms with Crippen LogP contribution in [0.3, 0.4) is 0 Å². The van der Waals surface area contributed by atoms with Gasteiger partial charge in [-0.05, 0) is 48.2 Å². The number of nitrogen functional groups attached to an aromatic ring is 1. The zero-order valence-electron chi connectivity index (χ0n) is 11.2. The van der Waals surface area contributed by atoms with Crippen molar-refractivity contribution < 1.29 is 4.79 Å². The van der Waals surface area contributed by atoms with E-state index in [-0.39, 0.29) is 11.9 Å². The summed E-state index contributed by atoms with van der Waals surface area (Å²) in [7, 11) is 0. The van der Waals surface area contributed by atoms with E-state index in [2.05, 4.69) is 16.4 Å². The van der Waals surface area contributed by atoms with Gasteiger partial charge in [-0.3, -0.25) is 9.78 Å². The number of anilines is 1. The molecule has 1 heterocycles. The Morgan fingerprint density at radius 1 is 1.25 bits per heavy atom. The van der Waals surface area contributed by atoms with Gasteiger partial charge in [-0.2, -0.15) is 0 Å². The molecule has 0 saturated carbocycles. The number of hydrogen-bond donors (Lipinski definition) is 2. The minimum absolute atomic E-state index is 0.0227. The van der Waals surface area contributed by atoms with Crippen LogP contribution in [-0.2, 0) is 24.1 Å². The van der Waals surface area contributed by atoms with Gasteiger partial charge in [0.2, 0.25) is 5.91 Å². The molecule has 0 spiro atoms. The Balaban J connectivity index is 1.59. The molecule has 3 N–H and O–H groups in total. The Morgan fingerprint density at radius 3 is 2.90 bits per heavy atom. The highest BCUT2D eigenvalue weighted by Gasteiger charge is 2.22. The Kier molecular flexibility index (Phi) is 3.37. The van der Waals surface area contributed by atoms with Crippen molar-refractivity contribution in [2.24, 2.45) is 0 Å². The second-order valence-corrected chi connectivity index (χ2v) is 5.20. The van der Waals surface area contributed by atoms with Crippen LogP contribution in [0.15, 0.2) is 42.6 Å². The van der Waals surface area contributed by atoms with E-state index in [9.17, 15) is 4.79 Å². The smallest absolute Gasteiger partial charge is 0.226 e. The number of aromatic nitrogens is 1. The van der Waals surface area contributed by atoms with Gasteiger partial charge in [-0.1, -0.05) is 12.1 Å². The predicted molar refractivity (Wildman–Crippen MR) is 78.1 cm³/mol. The standard InChI is InChI=1S/C16H17N3O/c17-13-5-4-11-8-15(9-12(11)7-13)19-16(20)10-14-3-1-2-6-18-14/h1-7,15H,8-10,17H2,(H,19,20). The van der Waals surface area contributed by atoms with Crippen molar-refractivity contribution in [1.29, 1.82) is 0 Å². The van der Waals surface area contributed by atoms with E-state index in [1.807, 2.05) is 30.3 Å². The molecular formula is C16H17N3O.